The molecule has 8 heteroatoms. The normalized spacial score (nSPS) is 11.9. The topological polar surface area (TPSA) is 86.8 Å². The number of nitrogens with one attached hydrogen (secondary N) is 1. The maximum absolute atomic E-state index is 13.5. The first-order valence-corrected chi connectivity index (χ1v) is 12.5. The number of anilines is 1. The highest BCUT2D eigenvalue weighted by Crippen LogP contribution is 2.24. The lowest BCUT2D eigenvalue weighted by Gasteiger charge is -2.31. The van der Waals surface area contributed by atoms with Crippen molar-refractivity contribution in [2.75, 3.05) is 24.4 Å². The minimum atomic E-state index is -4.02. The van der Waals surface area contributed by atoms with Crippen LogP contribution in [0.15, 0.2) is 95.9 Å². The van der Waals surface area contributed by atoms with Gasteiger partial charge in [-0.1, -0.05) is 66.7 Å². The Bertz CT molecular complexity index is 1190. The molecule has 0 fully saturated rings. The van der Waals surface area contributed by atoms with Gasteiger partial charge in [-0.3, -0.25) is 13.9 Å². The summed E-state index contributed by atoms with van der Waals surface area (Å²) in [6.07, 6.45) is 0.532. The second kappa shape index (κ2) is 11.5. The zero-order valence-electron chi connectivity index (χ0n) is 19.3. The molecule has 0 saturated carbocycles. The molecular formula is C26H29N3O4S. The van der Waals surface area contributed by atoms with E-state index in [1.165, 1.54) is 24.1 Å². The van der Waals surface area contributed by atoms with Crippen molar-refractivity contribution in [2.24, 2.45) is 0 Å². The Morgan fingerprint density at radius 1 is 0.853 bits per heavy atom. The molecule has 0 aliphatic carbocycles. The Morgan fingerprint density at radius 2 is 1.38 bits per heavy atom. The molecule has 0 unspecified atom stereocenters. The molecule has 0 aliphatic heterocycles. The third kappa shape index (κ3) is 6.02. The average molecular weight is 480 g/mol. The van der Waals surface area contributed by atoms with Crippen LogP contribution in [0.5, 0.6) is 0 Å². The summed E-state index contributed by atoms with van der Waals surface area (Å²) >= 11 is 0. The lowest BCUT2D eigenvalue weighted by Crippen LogP contribution is -2.51. The third-order valence-electron chi connectivity index (χ3n) is 5.55. The SMILES string of the molecule is CNC(=O)[C@H](C)N(CCc1ccccc1)C(=O)CN(c1ccccc1)S(=O)(=O)c1ccccc1. The summed E-state index contributed by atoms with van der Waals surface area (Å²) in [4.78, 5) is 27.5. The summed E-state index contributed by atoms with van der Waals surface area (Å²) in [5.41, 5.74) is 1.39. The monoisotopic (exact) mass is 479 g/mol. The van der Waals surface area contributed by atoms with Gasteiger partial charge in [-0.05, 0) is 43.2 Å². The number of amides is 2. The van der Waals surface area contributed by atoms with Crippen LogP contribution in [0.2, 0.25) is 0 Å². The first-order chi connectivity index (χ1) is 16.3. The van der Waals surface area contributed by atoms with Gasteiger partial charge in [-0.15, -0.1) is 0 Å². The Hall–Kier alpha value is -3.65. The van der Waals surface area contributed by atoms with Gasteiger partial charge in [-0.2, -0.15) is 0 Å². The van der Waals surface area contributed by atoms with Gasteiger partial charge in [0.2, 0.25) is 11.8 Å². The molecule has 34 heavy (non-hydrogen) atoms. The number of hydrogen-bond acceptors (Lipinski definition) is 4. The first-order valence-electron chi connectivity index (χ1n) is 11.0. The summed E-state index contributed by atoms with van der Waals surface area (Å²) in [5, 5.41) is 2.57. The predicted octanol–water partition coefficient (Wildman–Crippen LogP) is 3.09. The van der Waals surface area contributed by atoms with E-state index < -0.39 is 28.5 Å². The standard InChI is InChI=1S/C26H29N3O4S/c1-21(26(31)27-2)28(19-18-22-12-6-3-7-13-22)25(30)20-29(23-14-8-4-9-15-23)34(32,33)24-16-10-5-11-17-24/h3-17,21H,18-20H2,1-2H3,(H,27,31)/t21-/m0/s1. The molecule has 3 aromatic carbocycles. The summed E-state index contributed by atoms with van der Waals surface area (Å²) in [7, 11) is -2.51. The van der Waals surface area contributed by atoms with E-state index in [4.69, 9.17) is 0 Å². The van der Waals surface area contributed by atoms with Crippen LogP contribution >= 0.6 is 0 Å². The highest BCUT2D eigenvalue weighted by Gasteiger charge is 2.31. The first kappa shape index (κ1) is 25.0. The van der Waals surface area contributed by atoms with Crippen molar-refractivity contribution < 1.29 is 18.0 Å². The van der Waals surface area contributed by atoms with Crippen molar-refractivity contribution in [2.45, 2.75) is 24.3 Å². The Balaban J connectivity index is 1.93. The van der Waals surface area contributed by atoms with Crippen LogP contribution in [0.25, 0.3) is 0 Å². The average Bonchev–Trinajstić information content (AvgIpc) is 2.88. The molecule has 1 atom stereocenters. The number of carbonyl (C=O) groups excluding carboxylic acids is 2. The number of hydrogen-bond donors (Lipinski definition) is 1. The van der Waals surface area contributed by atoms with E-state index in [-0.39, 0.29) is 17.3 Å². The van der Waals surface area contributed by atoms with Crippen LogP contribution in [-0.2, 0) is 26.0 Å². The number of rotatable bonds is 10. The number of para-hydroxylation sites is 1. The molecule has 0 heterocycles. The van der Waals surface area contributed by atoms with Gasteiger partial charge in [0.15, 0.2) is 0 Å². The smallest absolute Gasteiger partial charge is 0.264 e. The van der Waals surface area contributed by atoms with Gasteiger partial charge in [-0.25, -0.2) is 8.42 Å². The van der Waals surface area contributed by atoms with Crippen molar-refractivity contribution in [3.05, 3.63) is 96.6 Å². The molecule has 178 valence electrons. The summed E-state index contributed by atoms with van der Waals surface area (Å²) in [5.74, 6) is -0.783. The van der Waals surface area contributed by atoms with Crippen LogP contribution in [0.1, 0.15) is 12.5 Å². The number of likely N-dealkylation sites (N-methyl/N-ethyl adjacent to an activating group) is 1. The number of nitrogens with zero attached hydrogens (tertiary/aromatic N) is 2. The molecule has 0 saturated heterocycles. The second-order valence-corrected chi connectivity index (χ2v) is 9.64. The number of benzene rings is 3. The minimum absolute atomic E-state index is 0.0850. The maximum Gasteiger partial charge on any atom is 0.264 e. The van der Waals surface area contributed by atoms with Crippen LogP contribution in [0, 0.1) is 0 Å². The Morgan fingerprint density at radius 3 is 1.94 bits per heavy atom. The van der Waals surface area contributed by atoms with Crippen molar-refractivity contribution in [3.63, 3.8) is 0 Å². The van der Waals surface area contributed by atoms with Crippen molar-refractivity contribution in [1.82, 2.24) is 10.2 Å². The van der Waals surface area contributed by atoms with E-state index in [0.29, 0.717) is 12.1 Å². The van der Waals surface area contributed by atoms with Gasteiger partial charge in [0.05, 0.1) is 10.6 Å². The van der Waals surface area contributed by atoms with E-state index in [0.717, 1.165) is 9.87 Å². The minimum Gasteiger partial charge on any atom is -0.357 e. The second-order valence-electron chi connectivity index (χ2n) is 7.77. The molecule has 2 amide bonds. The van der Waals surface area contributed by atoms with E-state index in [1.807, 2.05) is 30.3 Å². The van der Waals surface area contributed by atoms with Crippen LogP contribution in [-0.4, -0.2) is 51.3 Å². The third-order valence-corrected chi connectivity index (χ3v) is 7.34. The van der Waals surface area contributed by atoms with Crippen LogP contribution < -0.4 is 9.62 Å². The van der Waals surface area contributed by atoms with Crippen molar-refractivity contribution >= 4 is 27.5 Å². The Kier molecular flexibility index (Phi) is 8.43. The zero-order valence-corrected chi connectivity index (χ0v) is 20.1. The molecule has 0 bridgehead atoms. The van der Waals surface area contributed by atoms with Crippen molar-refractivity contribution in [1.29, 1.82) is 0 Å². The van der Waals surface area contributed by atoms with E-state index >= 15 is 0 Å². The highest BCUT2D eigenvalue weighted by molar-refractivity contribution is 7.92. The van der Waals surface area contributed by atoms with E-state index in [2.05, 4.69) is 5.32 Å². The predicted molar refractivity (Wildman–Crippen MR) is 133 cm³/mol. The van der Waals surface area contributed by atoms with Gasteiger partial charge < -0.3 is 10.2 Å². The molecule has 7 nitrogen and oxygen atoms in total. The van der Waals surface area contributed by atoms with Gasteiger partial charge in [0.25, 0.3) is 10.0 Å². The van der Waals surface area contributed by atoms with Gasteiger partial charge in [0, 0.05) is 13.6 Å². The molecule has 3 rings (SSSR count). The fourth-order valence-corrected chi connectivity index (χ4v) is 5.06. The van der Waals surface area contributed by atoms with Gasteiger partial charge >= 0.3 is 0 Å². The molecule has 0 radical (unpaired) electrons. The molecule has 3 aromatic rings. The quantitative estimate of drug-likeness (QED) is 0.484. The molecule has 0 aromatic heterocycles. The highest BCUT2D eigenvalue weighted by atomic mass is 32.2. The van der Waals surface area contributed by atoms with Crippen molar-refractivity contribution in [3.8, 4) is 0 Å². The largest absolute Gasteiger partial charge is 0.357 e. The molecule has 0 spiro atoms. The van der Waals surface area contributed by atoms with Gasteiger partial charge in [0.1, 0.15) is 12.6 Å². The van der Waals surface area contributed by atoms with Crippen LogP contribution in [0.4, 0.5) is 5.69 Å². The summed E-state index contributed by atoms with van der Waals surface area (Å²) in [6, 6.07) is 25.3. The molecule has 0 aliphatic rings. The fraction of sp³-hybridized carbons (Fsp3) is 0.231. The number of sulfonamides is 1. The molecular weight excluding hydrogens is 450 g/mol. The lowest BCUT2D eigenvalue weighted by molar-refractivity contribution is -0.138. The zero-order chi connectivity index (χ0) is 24.6. The Labute approximate surface area is 201 Å². The number of carbonyl (C=O) groups is 2. The van der Waals surface area contributed by atoms with E-state index in [9.17, 15) is 18.0 Å². The fourth-order valence-electron chi connectivity index (χ4n) is 3.62. The van der Waals surface area contributed by atoms with E-state index in [1.54, 1.807) is 55.5 Å². The van der Waals surface area contributed by atoms with Crippen LogP contribution in [0.3, 0.4) is 0 Å². The molecule has 1 N–H and O–H groups in total. The summed E-state index contributed by atoms with van der Waals surface area (Å²) in [6.45, 7) is 1.48. The summed E-state index contributed by atoms with van der Waals surface area (Å²) < 4.78 is 28.1. The maximum atomic E-state index is 13.5. The lowest BCUT2D eigenvalue weighted by atomic mass is 10.1.